The van der Waals surface area contributed by atoms with Gasteiger partial charge in [0.25, 0.3) is 0 Å². The third-order valence-electron chi connectivity index (χ3n) is 3.89. The van der Waals surface area contributed by atoms with Crippen LogP contribution in [0.3, 0.4) is 0 Å². The molecule has 0 unspecified atom stereocenters. The lowest BCUT2D eigenvalue weighted by molar-refractivity contribution is -0.117. The second kappa shape index (κ2) is 9.21. The molecule has 0 bridgehead atoms. The van der Waals surface area contributed by atoms with E-state index in [2.05, 4.69) is 10.0 Å². The fourth-order valence-corrected chi connectivity index (χ4v) is 4.00. The number of amides is 1. The molecule has 0 aromatic heterocycles. The van der Waals surface area contributed by atoms with E-state index in [4.69, 9.17) is 16.3 Å². The SMILES string of the molecule is CCOc1ccc(S(=O)(=O)N[C@H](C)C(=O)Nc2ccccc2CC)cc1Cl. The van der Waals surface area contributed by atoms with Gasteiger partial charge in [-0.3, -0.25) is 4.79 Å². The van der Waals surface area contributed by atoms with Gasteiger partial charge in [-0.15, -0.1) is 0 Å². The van der Waals surface area contributed by atoms with Crippen molar-refractivity contribution >= 4 is 33.2 Å². The van der Waals surface area contributed by atoms with E-state index in [1.165, 1.54) is 25.1 Å². The second-order valence-corrected chi connectivity index (χ2v) is 7.99. The lowest BCUT2D eigenvalue weighted by Crippen LogP contribution is -2.41. The standard InChI is InChI=1S/C19H23ClN2O4S/c1-4-14-8-6-7-9-17(14)21-19(23)13(3)22-27(24,25)15-10-11-18(26-5-2)16(20)12-15/h6-13,22H,4-5H2,1-3H3,(H,21,23)/t13-/m1/s1. The highest BCUT2D eigenvalue weighted by Gasteiger charge is 2.23. The number of ether oxygens (including phenoxy) is 1. The van der Waals surface area contributed by atoms with Crippen molar-refractivity contribution in [3.63, 3.8) is 0 Å². The highest BCUT2D eigenvalue weighted by molar-refractivity contribution is 7.89. The lowest BCUT2D eigenvalue weighted by atomic mass is 10.1. The predicted molar refractivity (Wildman–Crippen MR) is 107 cm³/mol. The van der Waals surface area contributed by atoms with Gasteiger partial charge in [-0.1, -0.05) is 36.7 Å². The third kappa shape index (κ3) is 5.45. The number of aryl methyl sites for hydroxylation is 1. The Morgan fingerprint density at radius 2 is 1.89 bits per heavy atom. The molecule has 1 amide bonds. The van der Waals surface area contributed by atoms with E-state index in [9.17, 15) is 13.2 Å². The van der Waals surface area contributed by atoms with E-state index in [1.54, 1.807) is 13.0 Å². The monoisotopic (exact) mass is 410 g/mol. The van der Waals surface area contributed by atoms with Crippen molar-refractivity contribution in [1.29, 1.82) is 0 Å². The number of anilines is 1. The van der Waals surface area contributed by atoms with Gasteiger partial charge in [0.2, 0.25) is 15.9 Å². The van der Waals surface area contributed by atoms with Gasteiger partial charge >= 0.3 is 0 Å². The van der Waals surface area contributed by atoms with E-state index in [-0.39, 0.29) is 9.92 Å². The maximum Gasteiger partial charge on any atom is 0.242 e. The molecule has 2 aromatic rings. The summed E-state index contributed by atoms with van der Waals surface area (Å²) >= 11 is 6.06. The summed E-state index contributed by atoms with van der Waals surface area (Å²) in [5.41, 5.74) is 1.64. The first-order chi connectivity index (χ1) is 12.8. The largest absolute Gasteiger partial charge is 0.492 e. The molecule has 27 heavy (non-hydrogen) atoms. The molecule has 0 aliphatic rings. The van der Waals surface area contributed by atoms with Gasteiger partial charge in [-0.2, -0.15) is 4.72 Å². The number of para-hydroxylation sites is 1. The zero-order valence-electron chi connectivity index (χ0n) is 15.5. The summed E-state index contributed by atoms with van der Waals surface area (Å²) in [6.07, 6.45) is 0.751. The summed E-state index contributed by atoms with van der Waals surface area (Å²) in [7, 11) is -3.92. The number of benzene rings is 2. The molecule has 8 heteroatoms. The molecule has 0 aliphatic carbocycles. The molecule has 0 radical (unpaired) electrons. The minimum absolute atomic E-state index is 0.0374. The van der Waals surface area contributed by atoms with Crippen molar-refractivity contribution in [1.82, 2.24) is 4.72 Å². The van der Waals surface area contributed by atoms with Crippen LogP contribution in [0.1, 0.15) is 26.3 Å². The van der Waals surface area contributed by atoms with Crippen LogP contribution in [0.2, 0.25) is 5.02 Å². The molecular weight excluding hydrogens is 388 g/mol. The fourth-order valence-electron chi connectivity index (χ4n) is 2.47. The first-order valence-corrected chi connectivity index (χ1v) is 10.5. The van der Waals surface area contributed by atoms with Crippen molar-refractivity contribution in [2.24, 2.45) is 0 Å². The number of rotatable bonds is 8. The Hall–Kier alpha value is -2.09. The molecule has 2 rings (SSSR count). The molecule has 2 aromatic carbocycles. The van der Waals surface area contributed by atoms with Gasteiger partial charge < -0.3 is 10.1 Å². The summed E-state index contributed by atoms with van der Waals surface area (Å²) < 4.78 is 32.8. The normalized spacial score (nSPS) is 12.4. The van der Waals surface area contributed by atoms with Gasteiger partial charge in [0.1, 0.15) is 5.75 Å². The number of halogens is 1. The van der Waals surface area contributed by atoms with E-state index in [0.717, 1.165) is 12.0 Å². The minimum Gasteiger partial charge on any atom is -0.492 e. The molecule has 0 spiro atoms. The Morgan fingerprint density at radius 3 is 2.52 bits per heavy atom. The minimum atomic E-state index is -3.92. The zero-order chi connectivity index (χ0) is 20.0. The van der Waals surface area contributed by atoms with Crippen molar-refractivity contribution in [2.45, 2.75) is 38.1 Å². The van der Waals surface area contributed by atoms with Crippen LogP contribution < -0.4 is 14.8 Å². The van der Waals surface area contributed by atoms with Crippen LogP contribution in [0.15, 0.2) is 47.4 Å². The van der Waals surface area contributed by atoms with E-state index < -0.39 is 22.0 Å². The lowest BCUT2D eigenvalue weighted by Gasteiger charge is -2.16. The molecule has 0 heterocycles. The van der Waals surface area contributed by atoms with Crippen LogP contribution in [0.4, 0.5) is 5.69 Å². The average Bonchev–Trinajstić information content (AvgIpc) is 2.63. The first-order valence-electron chi connectivity index (χ1n) is 8.62. The number of nitrogens with one attached hydrogen (secondary N) is 2. The number of sulfonamides is 1. The predicted octanol–water partition coefficient (Wildman–Crippen LogP) is 3.61. The van der Waals surface area contributed by atoms with Crippen LogP contribution in [-0.4, -0.2) is 27.0 Å². The summed E-state index contributed by atoms with van der Waals surface area (Å²) in [5.74, 6) is -0.0448. The van der Waals surface area contributed by atoms with E-state index in [1.807, 2.05) is 25.1 Å². The van der Waals surface area contributed by atoms with Crippen molar-refractivity contribution < 1.29 is 17.9 Å². The van der Waals surface area contributed by atoms with E-state index >= 15 is 0 Å². The molecule has 0 fully saturated rings. The quantitative estimate of drug-likeness (QED) is 0.696. The van der Waals surface area contributed by atoms with Crippen LogP contribution >= 0.6 is 11.6 Å². The van der Waals surface area contributed by atoms with E-state index in [0.29, 0.717) is 18.0 Å². The number of carbonyl (C=O) groups is 1. The maximum absolute atomic E-state index is 12.6. The highest BCUT2D eigenvalue weighted by atomic mass is 35.5. The maximum atomic E-state index is 12.6. The molecule has 2 N–H and O–H groups in total. The van der Waals surface area contributed by atoms with Gasteiger partial charge in [-0.25, -0.2) is 8.42 Å². The molecule has 6 nitrogen and oxygen atoms in total. The smallest absolute Gasteiger partial charge is 0.242 e. The number of hydrogen-bond donors (Lipinski definition) is 2. The van der Waals surface area contributed by atoms with Crippen LogP contribution in [-0.2, 0) is 21.2 Å². The number of hydrogen-bond acceptors (Lipinski definition) is 4. The Labute approximate surface area is 164 Å². The van der Waals surface area contributed by atoms with Gasteiger partial charge in [0.15, 0.2) is 0 Å². The third-order valence-corrected chi connectivity index (χ3v) is 5.73. The summed E-state index contributed by atoms with van der Waals surface area (Å²) in [6.45, 7) is 5.68. The molecule has 1 atom stereocenters. The molecule has 0 saturated carbocycles. The Morgan fingerprint density at radius 1 is 1.19 bits per heavy atom. The highest BCUT2D eigenvalue weighted by Crippen LogP contribution is 2.27. The zero-order valence-corrected chi connectivity index (χ0v) is 17.0. The summed E-state index contributed by atoms with van der Waals surface area (Å²) in [4.78, 5) is 12.4. The molecule has 0 aliphatic heterocycles. The fraction of sp³-hybridized carbons (Fsp3) is 0.316. The van der Waals surface area contributed by atoms with Crippen molar-refractivity contribution in [3.8, 4) is 5.75 Å². The van der Waals surface area contributed by atoms with Crippen LogP contribution in [0.25, 0.3) is 0 Å². The first kappa shape index (κ1) is 21.2. The van der Waals surface area contributed by atoms with Crippen molar-refractivity contribution in [3.05, 3.63) is 53.1 Å². The van der Waals surface area contributed by atoms with Gasteiger partial charge in [0.05, 0.1) is 22.6 Å². The van der Waals surface area contributed by atoms with Gasteiger partial charge in [0, 0.05) is 5.69 Å². The van der Waals surface area contributed by atoms with Crippen LogP contribution in [0.5, 0.6) is 5.75 Å². The van der Waals surface area contributed by atoms with Gasteiger partial charge in [-0.05, 0) is 50.1 Å². The molecule has 146 valence electrons. The van der Waals surface area contributed by atoms with Crippen molar-refractivity contribution in [2.75, 3.05) is 11.9 Å². The summed E-state index contributed by atoms with van der Waals surface area (Å²) in [5, 5.41) is 2.95. The molecular formula is C19H23ClN2O4S. The average molecular weight is 411 g/mol. The molecule has 0 saturated heterocycles. The summed E-state index contributed by atoms with van der Waals surface area (Å²) in [6, 6.07) is 10.6. The van der Waals surface area contributed by atoms with Crippen LogP contribution in [0, 0.1) is 0 Å². The Kier molecular flexibility index (Phi) is 7.24. The Balaban J connectivity index is 2.12. The topological polar surface area (TPSA) is 84.5 Å². The number of carbonyl (C=O) groups excluding carboxylic acids is 1. The second-order valence-electron chi connectivity index (χ2n) is 5.87. The Bertz CT molecular complexity index is 916.